The Labute approximate surface area is 133 Å². The summed E-state index contributed by atoms with van der Waals surface area (Å²) in [4.78, 5) is 19.2. The highest BCUT2D eigenvalue weighted by atomic mass is 32.2. The van der Waals surface area contributed by atoms with Gasteiger partial charge in [-0.1, -0.05) is 12.1 Å². The lowest BCUT2D eigenvalue weighted by atomic mass is 9.98. The summed E-state index contributed by atoms with van der Waals surface area (Å²) in [6, 6.07) is 8.28. The van der Waals surface area contributed by atoms with Crippen molar-refractivity contribution in [1.29, 1.82) is 0 Å². The van der Waals surface area contributed by atoms with Gasteiger partial charge in [0.05, 0.1) is 20.5 Å². The fraction of sp³-hybridized carbons (Fsp3) is 0.500. The van der Waals surface area contributed by atoms with Crippen LogP contribution in [0.1, 0.15) is 30.7 Å². The van der Waals surface area contributed by atoms with Gasteiger partial charge in [-0.25, -0.2) is 4.98 Å². The van der Waals surface area contributed by atoms with Crippen LogP contribution in [0.2, 0.25) is 0 Å². The van der Waals surface area contributed by atoms with Crippen LogP contribution < -0.4 is 0 Å². The SMILES string of the molecule is CS[C@H](C)C(=O)N1CCC[C@H](c2nc3ccccc3s2)C1. The summed E-state index contributed by atoms with van der Waals surface area (Å²) in [6.07, 6.45) is 4.21. The van der Waals surface area contributed by atoms with Crippen LogP contribution in [0.4, 0.5) is 0 Å². The average Bonchev–Trinajstić information content (AvgIpc) is 2.97. The third kappa shape index (κ3) is 3.09. The number of hydrogen-bond donors (Lipinski definition) is 0. The number of carbonyl (C=O) groups excluding carboxylic acids is 1. The zero-order chi connectivity index (χ0) is 14.8. The lowest BCUT2D eigenvalue weighted by Gasteiger charge is -2.33. The maximum Gasteiger partial charge on any atom is 0.235 e. The van der Waals surface area contributed by atoms with Crippen molar-refractivity contribution in [2.75, 3.05) is 19.3 Å². The van der Waals surface area contributed by atoms with Crippen LogP contribution in [-0.4, -0.2) is 40.4 Å². The van der Waals surface area contributed by atoms with Gasteiger partial charge < -0.3 is 4.90 Å². The van der Waals surface area contributed by atoms with Crippen LogP contribution >= 0.6 is 23.1 Å². The van der Waals surface area contributed by atoms with E-state index in [4.69, 9.17) is 4.98 Å². The fourth-order valence-electron chi connectivity index (χ4n) is 2.80. The molecule has 2 atom stereocenters. The Hall–Kier alpha value is -1.07. The Morgan fingerprint density at radius 1 is 1.48 bits per heavy atom. The molecule has 0 unspecified atom stereocenters. The normalized spacial score (nSPS) is 20.7. The van der Waals surface area contributed by atoms with E-state index in [0.29, 0.717) is 5.92 Å². The van der Waals surface area contributed by atoms with Gasteiger partial charge in [-0.3, -0.25) is 4.79 Å². The first kappa shape index (κ1) is 14.9. The second-order valence-corrected chi connectivity index (χ2v) is 7.76. The molecule has 112 valence electrons. The molecule has 0 aliphatic carbocycles. The number of likely N-dealkylation sites (tertiary alicyclic amines) is 1. The van der Waals surface area contributed by atoms with Crippen molar-refractivity contribution in [3.63, 3.8) is 0 Å². The number of piperidine rings is 1. The number of nitrogens with zero attached hydrogens (tertiary/aromatic N) is 2. The molecule has 5 heteroatoms. The minimum Gasteiger partial charge on any atom is -0.341 e. The van der Waals surface area contributed by atoms with E-state index in [9.17, 15) is 4.79 Å². The molecule has 0 N–H and O–H groups in total. The third-order valence-corrected chi connectivity index (χ3v) is 6.20. The second kappa shape index (κ2) is 6.36. The number of fused-ring (bicyclic) bond motifs is 1. The van der Waals surface area contributed by atoms with E-state index in [1.54, 1.807) is 23.1 Å². The highest BCUT2D eigenvalue weighted by Crippen LogP contribution is 2.33. The van der Waals surface area contributed by atoms with Crippen LogP contribution in [0.15, 0.2) is 24.3 Å². The zero-order valence-corrected chi connectivity index (χ0v) is 14.0. The van der Waals surface area contributed by atoms with E-state index in [-0.39, 0.29) is 11.2 Å². The molecule has 2 heterocycles. The molecule has 3 rings (SSSR count). The number of para-hydroxylation sites is 1. The molecule has 1 amide bonds. The summed E-state index contributed by atoms with van der Waals surface area (Å²) in [6.45, 7) is 3.71. The van der Waals surface area contributed by atoms with Gasteiger partial charge in [0.1, 0.15) is 0 Å². The standard InChI is InChI=1S/C16H20N2OS2/c1-11(20-2)16(19)18-9-5-6-12(10-18)15-17-13-7-3-4-8-14(13)21-15/h3-4,7-8,11-12H,5-6,9-10H2,1-2H3/t11-,12+/m1/s1. The van der Waals surface area contributed by atoms with Gasteiger partial charge in [0.25, 0.3) is 0 Å². The maximum atomic E-state index is 12.4. The van der Waals surface area contributed by atoms with Gasteiger partial charge in [0.15, 0.2) is 0 Å². The van der Waals surface area contributed by atoms with Crippen LogP contribution in [0, 0.1) is 0 Å². The molecule has 1 saturated heterocycles. The topological polar surface area (TPSA) is 33.2 Å². The van der Waals surface area contributed by atoms with Crippen molar-refractivity contribution in [2.24, 2.45) is 0 Å². The quantitative estimate of drug-likeness (QED) is 0.863. The number of hydrogen-bond acceptors (Lipinski definition) is 4. The molecular formula is C16H20N2OS2. The van der Waals surface area contributed by atoms with Crippen LogP contribution in [0.25, 0.3) is 10.2 Å². The first-order chi connectivity index (χ1) is 10.2. The second-order valence-electron chi connectivity index (χ2n) is 5.52. The van der Waals surface area contributed by atoms with E-state index in [1.807, 2.05) is 24.1 Å². The molecule has 1 aliphatic rings. The van der Waals surface area contributed by atoms with E-state index in [0.717, 1.165) is 31.4 Å². The van der Waals surface area contributed by atoms with E-state index in [2.05, 4.69) is 18.2 Å². The summed E-state index contributed by atoms with van der Waals surface area (Å²) in [5.74, 6) is 0.669. The summed E-state index contributed by atoms with van der Waals surface area (Å²) in [7, 11) is 0. The molecule has 0 radical (unpaired) electrons. The Morgan fingerprint density at radius 3 is 3.05 bits per heavy atom. The minimum atomic E-state index is 0.0547. The number of carbonyl (C=O) groups is 1. The molecular weight excluding hydrogens is 300 g/mol. The van der Waals surface area contributed by atoms with Crippen molar-refractivity contribution in [3.05, 3.63) is 29.3 Å². The van der Waals surface area contributed by atoms with Crippen LogP contribution in [0.5, 0.6) is 0 Å². The number of amides is 1. The van der Waals surface area contributed by atoms with Gasteiger partial charge in [0, 0.05) is 19.0 Å². The molecule has 1 fully saturated rings. The van der Waals surface area contributed by atoms with E-state index < -0.39 is 0 Å². The van der Waals surface area contributed by atoms with Crippen LogP contribution in [0.3, 0.4) is 0 Å². The summed E-state index contributed by atoms with van der Waals surface area (Å²) >= 11 is 3.40. The number of aromatic nitrogens is 1. The van der Waals surface area contributed by atoms with Gasteiger partial charge in [-0.15, -0.1) is 11.3 Å². The number of benzene rings is 1. The van der Waals surface area contributed by atoms with Gasteiger partial charge in [-0.2, -0.15) is 11.8 Å². The number of thioether (sulfide) groups is 1. The highest BCUT2D eigenvalue weighted by Gasteiger charge is 2.28. The summed E-state index contributed by atoms with van der Waals surface area (Å²) in [5, 5.41) is 1.24. The van der Waals surface area contributed by atoms with Gasteiger partial charge >= 0.3 is 0 Å². The van der Waals surface area contributed by atoms with Crippen LogP contribution in [-0.2, 0) is 4.79 Å². The summed E-state index contributed by atoms with van der Waals surface area (Å²) < 4.78 is 1.24. The van der Waals surface area contributed by atoms with E-state index in [1.165, 1.54) is 9.71 Å². The maximum absolute atomic E-state index is 12.4. The highest BCUT2D eigenvalue weighted by molar-refractivity contribution is 7.99. The zero-order valence-electron chi connectivity index (χ0n) is 12.4. The summed E-state index contributed by atoms with van der Waals surface area (Å²) in [5.41, 5.74) is 1.08. The van der Waals surface area contributed by atoms with Crippen molar-refractivity contribution >= 4 is 39.2 Å². The molecule has 2 aromatic rings. The Kier molecular flexibility index (Phi) is 4.50. The minimum absolute atomic E-state index is 0.0547. The van der Waals surface area contributed by atoms with Crippen molar-refractivity contribution < 1.29 is 4.79 Å². The fourth-order valence-corrected chi connectivity index (χ4v) is 4.25. The predicted molar refractivity (Wildman–Crippen MR) is 91.2 cm³/mol. The Bertz CT molecular complexity index is 607. The first-order valence-corrected chi connectivity index (χ1v) is 9.46. The van der Waals surface area contributed by atoms with Gasteiger partial charge in [-0.05, 0) is 38.2 Å². The molecule has 1 aromatic carbocycles. The molecule has 1 aliphatic heterocycles. The Morgan fingerprint density at radius 2 is 2.29 bits per heavy atom. The first-order valence-electron chi connectivity index (χ1n) is 7.36. The molecule has 0 bridgehead atoms. The molecule has 0 saturated carbocycles. The lowest BCUT2D eigenvalue weighted by molar-refractivity contribution is -0.131. The molecule has 3 nitrogen and oxygen atoms in total. The number of thiazole rings is 1. The van der Waals surface area contributed by atoms with Crippen molar-refractivity contribution in [1.82, 2.24) is 9.88 Å². The lowest BCUT2D eigenvalue weighted by Crippen LogP contribution is -2.42. The molecule has 21 heavy (non-hydrogen) atoms. The van der Waals surface area contributed by atoms with E-state index >= 15 is 0 Å². The monoisotopic (exact) mass is 320 g/mol. The largest absolute Gasteiger partial charge is 0.341 e. The van der Waals surface area contributed by atoms with Crippen molar-refractivity contribution in [3.8, 4) is 0 Å². The number of rotatable bonds is 3. The van der Waals surface area contributed by atoms with Crippen molar-refractivity contribution in [2.45, 2.75) is 30.9 Å². The smallest absolute Gasteiger partial charge is 0.235 e. The third-order valence-electron chi connectivity index (χ3n) is 4.09. The predicted octanol–water partition coefficient (Wildman–Crippen LogP) is 3.75. The molecule has 0 spiro atoms. The molecule has 1 aromatic heterocycles. The van der Waals surface area contributed by atoms with Gasteiger partial charge in [0.2, 0.25) is 5.91 Å². The Balaban J connectivity index is 1.78. The average molecular weight is 320 g/mol.